The van der Waals surface area contributed by atoms with Gasteiger partial charge in [-0.1, -0.05) is 11.6 Å². The molecule has 0 spiro atoms. The molecule has 4 aliphatic rings. The third kappa shape index (κ3) is 4.95. The molecule has 1 saturated heterocycles. The fraction of sp³-hybridized carbons (Fsp3) is 0.312. The highest BCUT2D eigenvalue weighted by Crippen LogP contribution is 2.56. The number of allylic oxidation sites excluding steroid dienone is 6. The summed E-state index contributed by atoms with van der Waals surface area (Å²) < 4.78 is 87.5. The highest BCUT2D eigenvalue weighted by Gasteiger charge is 2.57. The number of phenolic OH excluding ortho intramolecular Hbond substituents is 1. The van der Waals surface area contributed by atoms with Gasteiger partial charge in [-0.2, -0.15) is 26.3 Å². The molecule has 0 radical (unpaired) electrons. The van der Waals surface area contributed by atoms with Crippen molar-refractivity contribution in [2.75, 3.05) is 12.0 Å². The number of methoxy groups -OCH3 is 1. The van der Waals surface area contributed by atoms with Crippen molar-refractivity contribution in [3.63, 3.8) is 0 Å². The Morgan fingerprint density at radius 3 is 2.13 bits per heavy atom. The predicted molar refractivity (Wildman–Crippen MR) is 158 cm³/mol. The number of aromatic hydroxyl groups is 1. The molecular weight excluding hydrogens is 735 g/mol. The second-order valence-corrected chi connectivity index (χ2v) is 12.7. The summed E-state index contributed by atoms with van der Waals surface area (Å²) in [5, 5.41) is 10.5. The number of phenols is 1. The van der Waals surface area contributed by atoms with Crippen LogP contribution in [-0.2, 0) is 31.5 Å². The molecule has 2 amide bonds. The lowest BCUT2D eigenvalue weighted by atomic mass is 9.59. The van der Waals surface area contributed by atoms with Crippen LogP contribution >= 0.6 is 22.6 Å². The van der Waals surface area contributed by atoms with E-state index in [2.05, 4.69) is 0 Å². The van der Waals surface area contributed by atoms with Gasteiger partial charge in [-0.15, -0.1) is 0 Å². The van der Waals surface area contributed by atoms with Gasteiger partial charge in [-0.05, 0) is 90.2 Å². The minimum Gasteiger partial charge on any atom is -0.504 e. The van der Waals surface area contributed by atoms with Gasteiger partial charge in [0.1, 0.15) is 0 Å². The number of imide groups is 1. The van der Waals surface area contributed by atoms with Gasteiger partial charge in [-0.3, -0.25) is 19.2 Å². The summed E-state index contributed by atoms with van der Waals surface area (Å²) in [5.74, 6) is -7.13. The number of hydrogen-bond donors (Lipinski definition) is 1. The summed E-state index contributed by atoms with van der Waals surface area (Å²) in [6.07, 6.45) is -7.83. The molecule has 1 fully saturated rings. The van der Waals surface area contributed by atoms with Crippen LogP contribution in [0.5, 0.6) is 11.5 Å². The van der Waals surface area contributed by atoms with Crippen molar-refractivity contribution in [2.24, 2.45) is 17.8 Å². The summed E-state index contributed by atoms with van der Waals surface area (Å²) in [5.41, 5.74) is -2.82. The van der Waals surface area contributed by atoms with E-state index in [0.29, 0.717) is 31.7 Å². The van der Waals surface area contributed by atoms with Crippen LogP contribution in [0.2, 0.25) is 0 Å². The number of nitrogens with zero attached hydrogens (tertiary/aromatic N) is 1. The van der Waals surface area contributed by atoms with Crippen LogP contribution in [-0.4, -0.2) is 35.6 Å². The molecule has 0 bridgehead atoms. The number of fused-ring (bicyclic) bond motifs is 3. The van der Waals surface area contributed by atoms with Crippen molar-refractivity contribution >= 4 is 51.7 Å². The van der Waals surface area contributed by atoms with Crippen molar-refractivity contribution < 1.29 is 55.4 Å². The predicted octanol–water partition coefficient (Wildman–Crippen LogP) is 6.68. The number of amides is 2. The third-order valence-corrected chi connectivity index (χ3v) is 9.82. The molecule has 2 aromatic carbocycles. The SMILES string of the molecule is COc1cc(C2C3=CCC4C(=O)N(c5cc(C(F)(F)F)cc(C(F)(F)F)c5)C(=O)C4C3CC3=C2C(=O)C(C)=CC3=O)cc(I)c1O. The Balaban J connectivity index is 1.49. The number of carbonyl (C=O) groups is 4. The maximum atomic E-state index is 14.0. The molecule has 1 aliphatic heterocycles. The van der Waals surface area contributed by atoms with E-state index in [4.69, 9.17) is 4.74 Å². The lowest BCUT2D eigenvalue weighted by molar-refractivity contribution is -0.143. The van der Waals surface area contributed by atoms with E-state index in [9.17, 15) is 50.6 Å². The molecule has 46 heavy (non-hydrogen) atoms. The van der Waals surface area contributed by atoms with Gasteiger partial charge in [0.05, 0.1) is 39.3 Å². The first-order valence-corrected chi connectivity index (χ1v) is 15.0. The highest BCUT2D eigenvalue weighted by atomic mass is 127. The quantitative estimate of drug-likeness (QED) is 0.123. The average molecular weight is 757 g/mol. The summed E-state index contributed by atoms with van der Waals surface area (Å²) >= 11 is 1.87. The van der Waals surface area contributed by atoms with Gasteiger partial charge in [0.2, 0.25) is 11.8 Å². The summed E-state index contributed by atoms with van der Waals surface area (Å²) in [4.78, 5) is 54.9. The van der Waals surface area contributed by atoms with E-state index < -0.39 is 76.2 Å². The van der Waals surface area contributed by atoms with E-state index in [1.807, 2.05) is 22.6 Å². The first kappa shape index (κ1) is 32.0. The van der Waals surface area contributed by atoms with Gasteiger partial charge in [0.15, 0.2) is 23.1 Å². The zero-order valence-electron chi connectivity index (χ0n) is 23.8. The molecule has 240 valence electrons. The van der Waals surface area contributed by atoms with Crippen molar-refractivity contribution in [3.05, 3.63) is 85.0 Å². The Labute approximate surface area is 270 Å². The van der Waals surface area contributed by atoms with Crippen molar-refractivity contribution in [1.82, 2.24) is 0 Å². The van der Waals surface area contributed by atoms with Crippen LogP contribution in [0.3, 0.4) is 0 Å². The molecular formula is C32H22F6INO6. The molecule has 1 N–H and O–H groups in total. The molecule has 3 aliphatic carbocycles. The smallest absolute Gasteiger partial charge is 0.416 e. The van der Waals surface area contributed by atoms with Gasteiger partial charge >= 0.3 is 12.4 Å². The van der Waals surface area contributed by atoms with Gasteiger partial charge in [0, 0.05) is 22.6 Å². The maximum absolute atomic E-state index is 14.0. The van der Waals surface area contributed by atoms with E-state index in [1.165, 1.54) is 26.2 Å². The summed E-state index contributed by atoms with van der Waals surface area (Å²) in [6.45, 7) is 1.49. The van der Waals surface area contributed by atoms with E-state index >= 15 is 0 Å². The monoisotopic (exact) mass is 757 g/mol. The van der Waals surface area contributed by atoms with Gasteiger partial charge in [0.25, 0.3) is 0 Å². The topological polar surface area (TPSA) is 101 Å². The zero-order chi connectivity index (χ0) is 33.6. The second-order valence-electron chi connectivity index (χ2n) is 11.6. The summed E-state index contributed by atoms with van der Waals surface area (Å²) in [7, 11) is 1.32. The van der Waals surface area contributed by atoms with Crippen LogP contribution in [0.25, 0.3) is 0 Å². The molecule has 1 heterocycles. The van der Waals surface area contributed by atoms with Crippen LogP contribution in [0.15, 0.2) is 64.8 Å². The maximum Gasteiger partial charge on any atom is 0.416 e. The minimum absolute atomic E-state index is 0.0746. The van der Waals surface area contributed by atoms with E-state index in [1.54, 1.807) is 12.1 Å². The van der Waals surface area contributed by atoms with E-state index in [0.717, 1.165) is 0 Å². The van der Waals surface area contributed by atoms with Crippen molar-refractivity contribution in [2.45, 2.75) is 38.0 Å². The molecule has 2 aromatic rings. The van der Waals surface area contributed by atoms with Crippen molar-refractivity contribution in [1.29, 1.82) is 0 Å². The number of halogens is 7. The first-order chi connectivity index (χ1) is 21.4. The van der Waals surface area contributed by atoms with Crippen molar-refractivity contribution in [3.8, 4) is 11.5 Å². The Morgan fingerprint density at radius 2 is 1.54 bits per heavy atom. The number of benzene rings is 2. The zero-order valence-corrected chi connectivity index (χ0v) is 26.0. The Kier molecular flexibility index (Phi) is 7.52. The fourth-order valence-corrected chi connectivity index (χ4v) is 7.60. The Hall–Kier alpha value is -3.95. The standard InChI is InChI=1S/C32H22F6INO6/c1-12-5-22(41)20-11-19-17(24(26(20)27(12)42)13-6-21(39)28(43)23(7-13)46-2)3-4-18-25(19)30(45)40(29(18)44)16-9-14(31(33,34)35)8-15(10-16)32(36,37)38/h3,5-10,18-19,24-25,43H,4,11H2,1-2H3. The van der Waals surface area contributed by atoms with Crippen LogP contribution in [0, 0.1) is 21.3 Å². The number of ketones is 2. The Morgan fingerprint density at radius 1 is 0.913 bits per heavy atom. The van der Waals surface area contributed by atoms with Crippen LogP contribution < -0.4 is 9.64 Å². The number of Topliss-reactive ketones (excluding diaryl/α,β-unsaturated/α-hetero) is 1. The molecule has 0 saturated carbocycles. The Bertz CT molecular complexity index is 1820. The normalized spacial score (nSPS) is 24.8. The fourth-order valence-electron chi connectivity index (χ4n) is 6.98. The lowest BCUT2D eigenvalue weighted by Gasteiger charge is -2.42. The number of anilines is 1. The van der Waals surface area contributed by atoms with Gasteiger partial charge in [-0.25, -0.2) is 4.90 Å². The largest absolute Gasteiger partial charge is 0.504 e. The lowest BCUT2D eigenvalue weighted by Crippen LogP contribution is -2.40. The molecule has 6 rings (SSSR count). The van der Waals surface area contributed by atoms with E-state index in [-0.39, 0.29) is 47.1 Å². The number of alkyl halides is 6. The first-order valence-electron chi connectivity index (χ1n) is 13.9. The third-order valence-electron chi connectivity index (χ3n) is 9.00. The summed E-state index contributed by atoms with van der Waals surface area (Å²) in [6, 6.07) is 3.66. The number of ether oxygens (including phenoxy) is 1. The molecule has 0 aromatic heterocycles. The molecule has 7 nitrogen and oxygen atoms in total. The number of carbonyl (C=O) groups excluding carboxylic acids is 4. The number of hydrogen-bond acceptors (Lipinski definition) is 6. The number of rotatable bonds is 3. The van der Waals surface area contributed by atoms with Crippen LogP contribution in [0.1, 0.15) is 42.4 Å². The molecule has 14 heteroatoms. The van der Waals surface area contributed by atoms with Crippen LogP contribution in [0.4, 0.5) is 32.0 Å². The average Bonchev–Trinajstić information content (AvgIpc) is 3.24. The highest BCUT2D eigenvalue weighted by molar-refractivity contribution is 14.1. The molecule has 4 unspecified atom stereocenters. The minimum atomic E-state index is -5.20. The van der Waals surface area contributed by atoms with Gasteiger partial charge < -0.3 is 9.84 Å². The molecule has 4 atom stereocenters. The second kappa shape index (κ2) is 10.8.